The van der Waals surface area contributed by atoms with E-state index in [-0.39, 0.29) is 12.0 Å². The summed E-state index contributed by atoms with van der Waals surface area (Å²) >= 11 is 0. The fourth-order valence-electron chi connectivity index (χ4n) is 2.63. The van der Waals surface area contributed by atoms with Gasteiger partial charge in [0.15, 0.2) is 0 Å². The molecule has 1 amide bonds. The van der Waals surface area contributed by atoms with Crippen LogP contribution in [-0.4, -0.2) is 32.7 Å². The van der Waals surface area contributed by atoms with Crippen molar-refractivity contribution in [1.82, 2.24) is 10.6 Å². The van der Waals surface area contributed by atoms with E-state index in [1.165, 1.54) is 17.5 Å². The van der Waals surface area contributed by atoms with Crippen LogP contribution in [0.2, 0.25) is 0 Å². The van der Waals surface area contributed by atoms with Crippen molar-refractivity contribution in [3.8, 4) is 0 Å². The molecule has 0 spiro atoms. The molecule has 0 radical (unpaired) electrons. The molecule has 4 nitrogen and oxygen atoms in total. The van der Waals surface area contributed by atoms with Gasteiger partial charge < -0.3 is 15.4 Å². The number of carbonyl (C=O) groups excluding carboxylic acids is 1. The average molecular weight is 276 g/mol. The lowest BCUT2D eigenvalue weighted by atomic mass is 9.89. The van der Waals surface area contributed by atoms with E-state index < -0.39 is 0 Å². The lowest BCUT2D eigenvalue weighted by molar-refractivity contribution is -0.120. The Labute approximate surface area is 120 Å². The maximum Gasteiger partial charge on any atom is 0.233 e. The first-order valence-corrected chi connectivity index (χ1v) is 7.42. The summed E-state index contributed by atoms with van der Waals surface area (Å²) in [6.07, 6.45) is 4.54. The Kier molecular flexibility index (Phi) is 6.02. The predicted molar refractivity (Wildman–Crippen MR) is 79.6 cm³/mol. The number of benzene rings is 1. The molecule has 1 aromatic rings. The van der Waals surface area contributed by atoms with Crippen molar-refractivity contribution in [2.75, 3.05) is 26.7 Å². The zero-order chi connectivity index (χ0) is 14.2. The molecule has 0 aliphatic heterocycles. The largest absolute Gasteiger partial charge is 0.373 e. The first-order valence-electron chi connectivity index (χ1n) is 7.42. The average Bonchev–Trinajstić information content (AvgIpc) is 2.47. The highest BCUT2D eigenvalue weighted by Crippen LogP contribution is 2.32. The van der Waals surface area contributed by atoms with Gasteiger partial charge in [0.05, 0.1) is 12.6 Å². The summed E-state index contributed by atoms with van der Waals surface area (Å²) < 4.78 is 5.98. The number of likely N-dealkylation sites (N-methyl/N-ethyl adjacent to an activating group) is 1. The summed E-state index contributed by atoms with van der Waals surface area (Å²) in [7, 11) is 1.77. The van der Waals surface area contributed by atoms with Crippen molar-refractivity contribution in [2.45, 2.75) is 31.8 Å². The van der Waals surface area contributed by atoms with Crippen LogP contribution in [0.25, 0.3) is 0 Å². The van der Waals surface area contributed by atoms with E-state index in [4.69, 9.17) is 4.74 Å². The number of amides is 1. The summed E-state index contributed by atoms with van der Waals surface area (Å²) in [5.74, 6) is 0.0375. The molecule has 20 heavy (non-hydrogen) atoms. The molecule has 0 bridgehead atoms. The van der Waals surface area contributed by atoms with Gasteiger partial charge in [0.1, 0.15) is 0 Å². The molecule has 2 rings (SSSR count). The molecular weight excluding hydrogens is 252 g/mol. The first kappa shape index (κ1) is 15.0. The second-order valence-electron chi connectivity index (χ2n) is 5.18. The van der Waals surface area contributed by atoms with Gasteiger partial charge in [-0.2, -0.15) is 0 Å². The molecular formula is C16H24N2O2. The van der Waals surface area contributed by atoms with Crippen molar-refractivity contribution >= 4 is 5.91 Å². The molecule has 0 saturated heterocycles. The molecule has 1 unspecified atom stereocenters. The maximum absolute atomic E-state index is 11.3. The molecule has 0 heterocycles. The SMILES string of the molecule is CNCC(=O)NCCCOC1CCCc2ccccc21. The lowest BCUT2D eigenvalue weighted by Crippen LogP contribution is -2.33. The van der Waals surface area contributed by atoms with Gasteiger partial charge in [0, 0.05) is 13.2 Å². The van der Waals surface area contributed by atoms with E-state index >= 15 is 0 Å². The van der Waals surface area contributed by atoms with Crippen LogP contribution in [0.4, 0.5) is 0 Å². The Balaban J connectivity index is 1.69. The number of fused-ring (bicyclic) bond motifs is 1. The highest BCUT2D eigenvalue weighted by Gasteiger charge is 2.19. The van der Waals surface area contributed by atoms with Crippen molar-refractivity contribution in [1.29, 1.82) is 0 Å². The number of nitrogens with one attached hydrogen (secondary N) is 2. The predicted octanol–water partition coefficient (Wildman–Crippen LogP) is 1.81. The standard InChI is InChI=1S/C16H24N2O2/c1-17-12-16(19)18-10-5-11-20-15-9-4-7-13-6-2-3-8-14(13)15/h2-3,6,8,15,17H,4-5,7,9-12H2,1H3,(H,18,19). The topological polar surface area (TPSA) is 50.4 Å². The monoisotopic (exact) mass is 276 g/mol. The zero-order valence-corrected chi connectivity index (χ0v) is 12.2. The number of ether oxygens (including phenoxy) is 1. The Morgan fingerprint density at radius 2 is 2.25 bits per heavy atom. The summed E-state index contributed by atoms with van der Waals surface area (Å²) in [6, 6.07) is 8.55. The van der Waals surface area contributed by atoms with Crippen molar-refractivity contribution in [3.05, 3.63) is 35.4 Å². The fourth-order valence-corrected chi connectivity index (χ4v) is 2.63. The van der Waals surface area contributed by atoms with E-state index in [1.807, 2.05) is 0 Å². The number of hydrogen-bond donors (Lipinski definition) is 2. The maximum atomic E-state index is 11.3. The zero-order valence-electron chi connectivity index (χ0n) is 12.2. The van der Waals surface area contributed by atoms with E-state index in [9.17, 15) is 4.79 Å². The molecule has 110 valence electrons. The van der Waals surface area contributed by atoms with E-state index in [2.05, 4.69) is 34.9 Å². The van der Waals surface area contributed by atoms with Gasteiger partial charge in [-0.25, -0.2) is 0 Å². The Morgan fingerprint density at radius 3 is 3.10 bits per heavy atom. The summed E-state index contributed by atoms with van der Waals surface area (Å²) in [6.45, 7) is 1.74. The normalized spacial score (nSPS) is 17.6. The number of carbonyl (C=O) groups is 1. The van der Waals surface area contributed by atoms with Crippen molar-refractivity contribution < 1.29 is 9.53 Å². The summed E-state index contributed by atoms with van der Waals surface area (Å²) in [5, 5.41) is 5.69. The quantitative estimate of drug-likeness (QED) is 0.747. The molecule has 0 saturated carbocycles. The van der Waals surface area contributed by atoms with Crippen LogP contribution in [0.3, 0.4) is 0 Å². The molecule has 1 aliphatic carbocycles. The number of rotatable bonds is 7. The first-order chi connectivity index (χ1) is 9.81. The van der Waals surface area contributed by atoms with Crippen LogP contribution >= 0.6 is 0 Å². The van der Waals surface area contributed by atoms with Gasteiger partial charge in [-0.3, -0.25) is 4.79 Å². The number of aryl methyl sites for hydroxylation is 1. The fraction of sp³-hybridized carbons (Fsp3) is 0.562. The minimum atomic E-state index is 0.0375. The molecule has 1 atom stereocenters. The van der Waals surface area contributed by atoms with Gasteiger partial charge in [-0.15, -0.1) is 0 Å². The van der Waals surface area contributed by atoms with E-state index in [1.54, 1.807) is 7.05 Å². The van der Waals surface area contributed by atoms with E-state index in [0.717, 1.165) is 19.3 Å². The van der Waals surface area contributed by atoms with Crippen molar-refractivity contribution in [2.24, 2.45) is 0 Å². The summed E-state index contributed by atoms with van der Waals surface area (Å²) in [5.41, 5.74) is 2.77. The third-order valence-electron chi connectivity index (χ3n) is 3.61. The minimum Gasteiger partial charge on any atom is -0.373 e. The Morgan fingerprint density at radius 1 is 1.40 bits per heavy atom. The van der Waals surface area contributed by atoms with Gasteiger partial charge in [0.25, 0.3) is 0 Å². The molecule has 4 heteroatoms. The van der Waals surface area contributed by atoms with Crippen LogP contribution in [0.15, 0.2) is 24.3 Å². The van der Waals surface area contributed by atoms with Crippen LogP contribution in [0.5, 0.6) is 0 Å². The highest BCUT2D eigenvalue weighted by molar-refractivity contribution is 5.77. The van der Waals surface area contributed by atoms with Gasteiger partial charge >= 0.3 is 0 Å². The second-order valence-corrected chi connectivity index (χ2v) is 5.18. The van der Waals surface area contributed by atoms with Gasteiger partial charge in [-0.1, -0.05) is 24.3 Å². The van der Waals surface area contributed by atoms with Crippen LogP contribution in [0, 0.1) is 0 Å². The molecule has 2 N–H and O–H groups in total. The second kappa shape index (κ2) is 8.02. The summed E-state index contributed by atoms with van der Waals surface area (Å²) in [4.78, 5) is 11.3. The molecule has 0 aromatic heterocycles. The third kappa shape index (κ3) is 4.32. The van der Waals surface area contributed by atoms with E-state index in [0.29, 0.717) is 19.7 Å². The van der Waals surface area contributed by atoms with Crippen LogP contribution < -0.4 is 10.6 Å². The van der Waals surface area contributed by atoms with Crippen molar-refractivity contribution in [3.63, 3.8) is 0 Å². The third-order valence-corrected chi connectivity index (χ3v) is 3.61. The molecule has 1 aromatic carbocycles. The van der Waals surface area contributed by atoms with Crippen LogP contribution in [-0.2, 0) is 16.0 Å². The highest BCUT2D eigenvalue weighted by atomic mass is 16.5. The number of hydrogen-bond acceptors (Lipinski definition) is 3. The van der Waals surface area contributed by atoms with Gasteiger partial charge in [0.2, 0.25) is 5.91 Å². The molecule has 0 fully saturated rings. The van der Waals surface area contributed by atoms with Gasteiger partial charge in [-0.05, 0) is 43.9 Å². The Hall–Kier alpha value is -1.39. The lowest BCUT2D eigenvalue weighted by Gasteiger charge is -2.25. The minimum absolute atomic E-state index is 0.0375. The molecule has 1 aliphatic rings. The Bertz CT molecular complexity index is 434. The van der Waals surface area contributed by atoms with Crippen LogP contribution in [0.1, 0.15) is 36.5 Å². The smallest absolute Gasteiger partial charge is 0.233 e.